The Labute approximate surface area is 116 Å². The largest absolute Gasteiger partial charge is 0.270 e. The van der Waals surface area contributed by atoms with Gasteiger partial charge in [0.15, 0.2) is 9.84 Å². The first-order chi connectivity index (χ1) is 8.51. The van der Waals surface area contributed by atoms with Crippen LogP contribution >= 0.6 is 21.2 Å². The number of sulfone groups is 1. The highest BCUT2D eigenvalue weighted by molar-refractivity contribution is 14.2. The molecule has 18 heavy (non-hydrogen) atoms. The first-order valence-corrected chi connectivity index (χ1v) is 9.89. The molecule has 0 saturated carbocycles. The average Bonchev–Trinajstić information content (AvgIpc) is 2.40. The third-order valence-electron chi connectivity index (χ3n) is 2.79. The molecule has 1 aromatic rings. The Balaban J connectivity index is 2.34. The molecule has 1 aliphatic heterocycles. The Morgan fingerprint density at radius 1 is 1.33 bits per heavy atom. The van der Waals surface area contributed by atoms with Crippen molar-refractivity contribution in [2.75, 3.05) is 4.43 Å². The van der Waals surface area contributed by atoms with Gasteiger partial charge in [-0.3, -0.25) is 10.1 Å². The summed E-state index contributed by atoms with van der Waals surface area (Å²) < 4.78 is 25.5. The highest BCUT2D eigenvalue weighted by Gasteiger charge is 2.30. The van der Waals surface area contributed by atoms with Crippen LogP contribution in [0.25, 0.3) is 0 Å². The highest BCUT2D eigenvalue weighted by atomic mass is 127. The van der Waals surface area contributed by atoms with Crippen LogP contribution in [0, 0.1) is 10.1 Å². The fraction of sp³-hybridized carbons (Fsp3) is 0.455. The van der Waals surface area contributed by atoms with Gasteiger partial charge in [-0.2, -0.15) is 0 Å². The molecule has 2 rings (SSSR count). The van der Waals surface area contributed by atoms with Crippen molar-refractivity contribution >= 4 is 36.7 Å². The van der Waals surface area contributed by atoms with Gasteiger partial charge >= 0.3 is 0 Å². The number of benzene rings is 1. The van der Waals surface area contributed by atoms with Crippen LogP contribution in [0.3, 0.4) is 0 Å². The first-order valence-electron chi connectivity index (χ1n) is 5.58. The second kappa shape index (κ2) is 5.52. The van der Waals surface area contributed by atoms with Crippen LogP contribution in [0.5, 0.6) is 0 Å². The number of rotatable bonds is 3. The molecule has 7 heteroatoms. The lowest BCUT2D eigenvalue weighted by atomic mass is 10.3. The van der Waals surface area contributed by atoms with Gasteiger partial charge in [-0.15, -0.1) is 21.2 Å². The van der Waals surface area contributed by atoms with E-state index in [0.717, 1.165) is 17.3 Å². The monoisotopic (exact) mass is 382 g/mol. The smallest absolute Gasteiger partial charge is 0.258 e. The zero-order valence-corrected chi connectivity index (χ0v) is 12.6. The van der Waals surface area contributed by atoms with E-state index in [2.05, 4.69) is 0 Å². The molecule has 0 aromatic heterocycles. The Hall–Kier alpha value is -0.700. The van der Waals surface area contributed by atoms with Gasteiger partial charge in [0, 0.05) is 12.1 Å². The predicted molar refractivity (Wildman–Crippen MR) is 76.8 cm³/mol. The van der Waals surface area contributed by atoms with Crippen molar-refractivity contribution in [1.82, 2.24) is 0 Å². The van der Waals surface area contributed by atoms with Crippen molar-refractivity contribution in [2.24, 2.45) is 0 Å². The fourth-order valence-electron chi connectivity index (χ4n) is 1.84. The summed E-state index contributed by atoms with van der Waals surface area (Å²) >= 11 is -0.350. The molecule has 1 fully saturated rings. The molecule has 1 saturated heterocycles. The quantitative estimate of drug-likeness (QED) is 0.349. The Kier molecular flexibility index (Phi) is 4.21. The number of nitro benzene ring substituents is 1. The normalized spacial score (nSPS) is 20.6. The number of alkyl halides is 2. The van der Waals surface area contributed by atoms with E-state index < -0.39 is 14.8 Å². The topological polar surface area (TPSA) is 77.3 Å². The summed E-state index contributed by atoms with van der Waals surface area (Å²) in [6.45, 7) is 0. The first kappa shape index (κ1) is 13.7. The van der Waals surface area contributed by atoms with E-state index in [0.29, 0.717) is 6.42 Å². The van der Waals surface area contributed by atoms with Gasteiger partial charge in [-0.05, 0) is 23.3 Å². The Morgan fingerprint density at radius 2 is 2.11 bits per heavy atom. The van der Waals surface area contributed by atoms with Crippen molar-refractivity contribution in [3.05, 3.63) is 34.4 Å². The summed E-state index contributed by atoms with van der Waals surface area (Å²) in [7, 11) is -3.37. The number of halogens is 1. The third kappa shape index (κ3) is 2.82. The van der Waals surface area contributed by atoms with E-state index in [4.69, 9.17) is 0 Å². The van der Waals surface area contributed by atoms with E-state index in [9.17, 15) is 18.5 Å². The summed E-state index contributed by atoms with van der Waals surface area (Å²) in [5.74, 6) is 0. The molecule has 1 aliphatic rings. The Bertz CT molecular complexity index is 552. The van der Waals surface area contributed by atoms with Gasteiger partial charge in [0.05, 0.1) is 9.82 Å². The maximum Gasteiger partial charge on any atom is 0.270 e. The van der Waals surface area contributed by atoms with E-state index in [1.165, 1.54) is 24.3 Å². The van der Waals surface area contributed by atoms with Crippen LogP contribution in [-0.4, -0.2) is 21.0 Å². The van der Waals surface area contributed by atoms with Gasteiger partial charge in [-0.1, -0.05) is 12.5 Å². The molecule has 1 unspecified atom stereocenters. The van der Waals surface area contributed by atoms with Gasteiger partial charge in [0.25, 0.3) is 5.69 Å². The molecule has 0 bridgehead atoms. The lowest BCUT2D eigenvalue weighted by Crippen LogP contribution is -2.20. The second-order valence-electron chi connectivity index (χ2n) is 4.05. The van der Waals surface area contributed by atoms with E-state index in [-0.39, 0.29) is 35.0 Å². The summed E-state index contributed by atoms with van der Waals surface area (Å²) in [5.41, 5.74) is -0.162. The van der Waals surface area contributed by atoms with Gasteiger partial charge in [-0.25, -0.2) is 8.42 Å². The maximum absolute atomic E-state index is 12.4. The van der Waals surface area contributed by atoms with E-state index in [1.807, 2.05) is 0 Å². The van der Waals surface area contributed by atoms with Gasteiger partial charge in [0.2, 0.25) is 0 Å². The van der Waals surface area contributed by atoms with Gasteiger partial charge < -0.3 is 0 Å². The zero-order chi connectivity index (χ0) is 13.2. The minimum absolute atomic E-state index is 0.100. The number of hydrogen-bond donors (Lipinski definition) is 0. The zero-order valence-electron chi connectivity index (χ0n) is 9.58. The van der Waals surface area contributed by atoms with Crippen LogP contribution in [0.15, 0.2) is 29.2 Å². The SMILES string of the molecule is O=[N+]([O-])c1cccc(S(=O)(=O)C2CCCC[I]2)c1. The predicted octanol–water partition coefficient (Wildman–Crippen LogP) is 2.85. The molecular formula is C11H13INO4S. The molecule has 1 atom stereocenters. The molecule has 1 heterocycles. The minimum atomic E-state index is -3.37. The van der Waals surface area contributed by atoms with Crippen LogP contribution in [-0.2, 0) is 9.84 Å². The van der Waals surface area contributed by atoms with Crippen LogP contribution in [0.1, 0.15) is 19.3 Å². The lowest BCUT2D eigenvalue weighted by Gasteiger charge is -2.21. The molecule has 0 aliphatic carbocycles. The molecule has 0 N–H and O–H groups in total. The number of non-ortho nitro benzene ring substituents is 1. The van der Waals surface area contributed by atoms with Crippen molar-refractivity contribution < 1.29 is 13.3 Å². The highest BCUT2D eigenvalue weighted by Crippen LogP contribution is 2.38. The summed E-state index contributed by atoms with van der Waals surface area (Å²) in [6, 6.07) is 5.38. The molecular weight excluding hydrogens is 369 g/mol. The van der Waals surface area contributed by atoms with Crippen molar-refractivity contribution in [3.8, 4) is 0 Å². The van der Waals surface area contributed by atoms with Crippen molar-refractivity contribution in [3.63, 3.8) is 0 Å². The fourth-order valence-corrected chi connectivity index (χ4v) is 8.78. The minimum Gasteiger partial charge on any atom is -0.258 e. The molecule has 0 spiro atoms. The van der Waals surface area contributed by atoms with Crippen molar-refractivity contribution in [1.29, 1.82) is 0 Å². The maximum atomic E-state index is 12.4. The second-order valence-corrected chi connectivity index (χ2v) is 10.5. The third-order valence-corrected chi connectivity index (χ3v) is 10.5. The van der Waals surface area contributed by atoms with Crippen LogP contribution in [0.2, 0.25) is 0 Å². The standard InChI is InChI=1S/C11H13INO4S/c14-13(15)9-4-3-5-10(8-9)18(16,17)11-6-1-2-7-12-11/h3-5,8,11H,1-2,6-7H2. The molecule has 1 aromatic carbocycles. The number of nitrogens with zero attached hydrogens (tertiary/aromatic N) is 1. The van der Waals surface area contributed by atoms with Gasteiger partial charge in [0.1, 0.15) is 3.26 Å². The van der Waals surface area contributed by atoms with E-state index >= 15 is 0 Å². The molecule has 5 nitrogen and oxygen atoms in total. The summed E-state index contributed by atoms with van der Waals surface area (Å²) in [6.07, 6.45) is 2.77. The lowest BCUT2D eigenvalue weighted by molar-refractivity contribution is -0.385. The van der Waals surface area contributed by atoms with Crippen LogP contribution in [0.4, 0.5) is 5.69 Å². The number of nitro groups is 1. The van der Waals surface area contributed by atoms with Crippen molar-refractivity contribution in [2.45, 2.75) is 27.4 Å². The molecule has 1 radical (unpaired) electrons. The van der Waals surface area contributed by atoms with Crippen LogP contribution < -0.4 is 0 Å². The number of hydrogen-bond acceptors (Lipinski definition) is 4. The van der Waals surface area contributed by atoms with E-state index in [1.54, 1.807) is 0 Å². The average molecular weight is 382 g/mol. The summed E-state index contributed by atoms with van der Waals surface area (Å²) in [5, 5.41) is 10.7. The Morgan fingerprint density at radius 3 is 2.72 bits per heavy atom. The molecule has 99 valence electrons. The summed E-state index contributed by atoms with van der Waals surface area (Å²) in [4.78, 5) is 10.2. The molecule has 0 amide bonds.